The maximum absolute atomic E-state index is 14.5. The number of piperidine rings is 1. The van der Waals surface area contributed by atoms with E-state index in [4.69, 9.17) is 16.7 Å². The number of aliphatic carboxylic acids is 1. The van der Waals surface area contributed by atoms with E-state index in [-0.39, 0.29) is 35.2 Å². The lowest BCUT2D eigenvalue weighted by atomic mass is 9.91. The maximum atomic E-state index is 14.5. The third-order valence-electron chi connectivity index (χ3n) is 6.08. The summed E-state index contributed by atoms with van der Waals surface area (Å²) in [7, 11) is 0. The van der Waals surface area contributed by atoms with E-state index in [0.717, 1.165) is 80.8 Å². The summed E-state index contributed by atoms with van der Waals surface area (Å²) in [6.07, 6.45) is 6.45. The van der Waals surface area contributed by atoms with Gasteiger partial charge in [0.2, 0.25) is 0 Å². The monoisotopic (exact) mass is 471 g/mol. The van der Waals surface area contributed by atoms with Crippen LogP contribution < -0.4 is 4.90 Å². The number of nitrogens with zero attached hydrogens (tertiary/aromatic N) is 3. The molecule has 168 valence electrons. The molecule has 1 aliphatic carbocycles. The van der Waals surface area contributed by atoms with Gasteiger partial charge in [0.1, 0.15) is 17.5 Å². The van der Waals surface area contributed by atoms with Crippen LogP contribution in [0.1, 0.15) is 49.8 Å². The number of carbonyl (C=O) groups is 1. The number of aromatic nitrogens is 2. The average Bonchev–Trinajstić information content (AvgIpc) is 3.19. The van der Waals surface area contributed by atoms with E-state index in [0.29, 0.717) is 12.3 Å². The molecule has 4 rings (SSSR count). The van der Waals surface area contributed by atoms with Crippen LogP contribution in [0.5, 0.6) is 0 Å². The van der Waals surface area contributed by atoms with Crippen LogP contribution in [0.4, 0.5) is 14.6 Å². The molecular formula is C22H25Cl2F2N3O2. The Morgan fingerprint density at radius 2 is 1.90 bits per heavy atom. The van der Waals surface area contributed by atoms with Crippen molar-refractivity contribution in [1.82, 2.24) is 9.97 Å². The number of halogens is 4. The average molecular weight is 472 g/mol. The van der Waals surface area contributed by atoms with Crippen molar-refractivity contribution >= 4 is 35.8 Å². The van der Waals surface area contributed by atoms with Gasteiger partial charge in [0.25, 0.3) is 0 Å². The number of benzene rings is 1. The Kier molecular flexibility index (Phi) is 7.70. The second-order valence-electron chi connectivity index (χ2n) is 8.11. The van der Waals surface area contributed by atoms with Gasteiger partial charge in [-0.3, -0.25) is 4.79 Å². The van der Waals surface area contributed by atoms with Crippen LogP contribution in [0.2, 0.25) is 5.02 Å². The first-order valence-corrected chi connectivity index (χ1v) is 10.8. The Morgan fingerprint density at radius 1 is 1.16 bits per heavy atom. The Morgan fingerprint density at radius 3 is 2.61 bits per heavy atom. The summed E-state index contributed by atoms with van der Waals surface area (Å²) >= 11 is 5.69. The molecule has 2 aromatic rings. The Balaban J connectivity index is 0.00000272. The van der Waals surface area contributed by atoms with Crippen molar-refractivity contribution in [2.75, 3.05) is 18.0 Å². The lowest BCUT2D eigenvalue weighted by molar-refractivity contribution is -0.137. The Hall–Kier alpha value is -1.99. The molecule has 0 radical (unpaired) electrons. The Labute approximate surface area is 191 Å². The zero-order valence-corrected chi connectivity index (χ0v) is 18.6. The van der Waals surface area contributed by atoms with E-state index in [9.17, 15) is 13.6 Å². The van der Waals surface area contributed by atoms with Crippen LogP contribution in [0.3, 0.4) is 0 Å². The number of rotatable bonds is 6. The lowest BCUT2D eigenvalue weighted by Gasteiger charge is -2.34. The number of fused-ring (bicyclic) bond motifs is 1. The highest BCUT2D eigenvalue weighted by Gasteiger charge is 2.27. The number of carboxylic acids is 1. The van der Waals surface area contributed by atoms with Gasteiger partial charge in [-0.05, 0) is 63.0 Å². The fourth-order valence-corrected chi connectivity index (χ4v) is 4.61. The minimum Gasteiger partial charge on any atom is -0.481 e. The molecule has 1 aromatic heterocycles. The van der Waals surface area contributed by atoms with Crippen LogP contribution in [0, 0.1) is 17.6 Å². The molecule has 2 heterocycles. The summed E-state index contributed by atoms with van der Waals surface area (Å²) in [5.74, 6) is -0.544. The van der Waals surface area contributed by atoms with Crippen molar-refractivity contribution in [1.29, 1.82) is 0 Å². The van der Waals surface area contributed by atoms with E-state index in [1.165, 1.54) is 0 Å². The molecule has 5 nitrogen and oxygen atoms in total. The van der Waals surface area contributed by atoms with Gasteiger partial charge in [0.15, 0.2) is 5.82 Å². The summed E-state index contributed by atoms with van der Waals surface area (Å²) in [6, 6.07) is 2.03. The van der Waals surface area contributed by atoms with Crippen LogP contribution in [0.25, 0.3) is 11.4 Å². The highest BCUT2D eigenvalue weighted by atomic mass is 35.5. The van der Waals surface area contributed by atoms with Gasteiger partial charge < -0.3 is 10.0 Å². The highest BCUT2D eigenvalue weighted by Crippen LogP contribution is 2.35. The maximum Gasteiger partial charge on any atom is 0.303 e. The second-order valence-corrected chi connectivity index (χ2v) is 8.52. The van der Waals surface area contributed by atoms with Crippen LogP contribution in [-0.2, 0) is 17.6 Å². The third-order valence-corrected chi connectivity index (χ3v) is 6.37. The predicted octanol–water partition coefficient (Wildman–Crippen LogP) is 5.46. The molecule has 0 amide bonds. The van der Waals surface area contributed by atoms with Crippen molar-refractivity contribution < 1.29 is 18.7 Å². The third kappa shape index (κ3) is 5.26. The summed E-state index contributed by atoms with van der Waals surface area (Å²) in [5, 5.41) is 8.55. The topological polar surface area (TPSA) is 66.3 Å². The quantitative estimate of drug-likeness (QED) is 0.566. The molecule has 0 unspecified atom stereocenters. The van der Waals surface area contributed by atoms with Gasteiger partial charge in [0.05, 0.1) is 10.6 Å². The first-order chi connectivity index (χ1) is 14.4. The first kappa shape index (κ1) is 23.7. The molecular weight excluding hydrogens is 447 g/mol. The van der Waals surface area contributed by atoms with E-state index in [1.54, 1.807) is 0 Å². The first-order valence-electron chi connectivity index (χ1n) is 10.4. The minimum atomic E-state index is -0.748. The largest absolute Gasteiger partial charge is 0.481 e. The number of carboxylic acid groups (broad SMARTS) is 1. The zero-order valence-electron chi connectivity index (χ0n) is 17.0. The fraction of sp³-hybridized carbons (Fsp3) is 0.500. The molecule has 0 spiro atoms. The van der Waals surface area contributed by atoms with Crippen molar-refractivity contribution in [3.63, 3.8) is 0 Å². The second kappa shape index (κ2) is 10.1. The normalized spacial score (nSPS) is 16.2. The highest BCUT2D eigenvalue weighted by molar-refractivity contribution is 6.30. The van der Waals surface area contributed by atoms with Crippen LogP contribution in [-0.4, -0.2) is 34.1 Å². The number of hydrogen-bond donors (Lipinski definition) is 1. The van der Waals surface area contributed by atoms with E-state index < -0.39 is 17.6 Å². The van der Waals surface area contributed by atoms with Gasteiger partial charge in [-0.1, -0.05) is 11.6 Å². The molecule has 0 saturated carbocycles. The van der Waals surface area contributed by atoms with Gasteiger partial charge >= 0.3 is 5.97 Å². The minimum absolute atomic E-state index is 0. The van der Waals surface area contributed by atoms with Crippen molar-refractivity contribution in [2.45, 2.75) is 51.4 Å². The summed E-state index contributed by atoms with van der Waals surface area (Å²) in [6.45, 7) is 1.64. The van der Waals surface area contributed by atoms with Gasteiger partial charge in [0, 0.05) is 30.8 Å². The molecule has 31 heavy (non-hydrogen) atoms. The van der Waals surface area contributed by atoms with Crippen molar-refractivity contribution in [2.24, 2.45) is 5.92 Å². The fourth-order valence-electron chi connectivity index (χ4n) is 4.46. The SMILES string of the molecule is Cl.O=C(O)CCCC1CCN(c2nc(-c3cc(F)c(Cl)cc3F)nc3c2CCC3)CC1. The lowest BCUT2D eigenvalue weighted by Crippen LogP contribution is -2.35. The molecule has 0 bridgehead atoms. The Bertz CT molecular complexity index is 966. The van der Waals surface area contributed by atoms with E-state index >= 15 is 0 Å². The van der Waals surface area contributed by atoms with Crippen molar-refractivity contribution in [3.05, 3.63) is 40.0 Å². The molecule has 1 aliphatic heterocycles. The molecule has 1 saturated heterocycles. The molecule has 1 aromatic carbocycles. The summed E-state index contributed by atoms with van der Waals surface area (Å²) in [4.78, 5) is 22.1. The number of aryl methyl sites for hydroxylation is 1. The molecule has 2 aliphatic rings. The van der Waals surface area contributed by atoms with Gasteiger partial charge in [-0.15, -0.1) is 12.4 Å². The van der Waals surface area contributed by atoms with Crippen LogP contribution >= 0.6 is 24.0 Å². The number of hydrogen-bond acceptors (Lipinski definition) is 4. The van der Waals surface area contributed by atoms with Gasteiger partial charge in [-0.2, -0.15) is 0 Å². The zero-order chi connectivity index (χ0) is 21.3. The molecule has 0 atom stereocenters. The summed E-state index contributed by atoms with van der Waals surface area (Å²) in [5.41, 5.74) is 2.04. The molecule has 1 N–H and O–H groups in total. The van der Waals surface area contributed by atoms with E-state index in [1.807, 2.05) is 0 Å². The van der Waals surface area contributed by atoms with Gasteiger partial charge in [-0.25, -0.2) is 18.7 Å². The smallest absolute Gasteiger partial charge is 0.303 e. The predicted molar refractivity (Wildman–Crippen MR) is 118 cm³/mol. The van der Waals surface area contributed by atoms with Crippen LogP contribution in [0.15, 0.2) is 12.1 Å². The molecule has 1 fully saturated rings. The van der Waals surface area contributed by atoms with Crippen molar-refractivity contribution in [3.8, 4) is 11.4 Å². The number of anilines is 1. The summed E-state index contributed by atoms with van der Waals surface area (Å²) < 4.78 is 28.4. The van der Waals surface area contributed by atoms with E-state index in [2.05, 4.69) is 14.9 Å². The molecule has 9 heteroatoms. The standard InChI is InChI=1S/C22H24ClF2N3O2.ClH/c23-16-12-17(24)15(11-18(16)25)21-26-19-5-2-4-14(19)22(27-21)28-9-7-13(8-10-28)3-1-6-20(29)30;/h11-13H,1-10H2,(H,29,30);1H.